The van der Waals surface area contributed by atoms with Crippen LogP contribution in [0.2, 0.25) is 0 Å². The van der Waals surface area contributed by atoms with Gasteiger partial charge in [-0.25, -0.2) is 0 Å². The molecule has 1 unspecified atom stereocenters. The molecule has 2 N–H and O–H groups in total. The van der Waals surface area contributed by atoms with Crippen LogP contribution in [0.5, 0.6) is 5.75 Å². The SMILES string of the molecule is COc1ccc(N2N=C(CN)CC2c2cccc([N+](=O)[O-])c2)cc1. The van der Waals surface area contributed by atoms with Gasteiger partial charge in [-0.1, -0.05) is 12.1 Å². The van der Waals surface area contributed by atoms with Crippen LogP contribution in [0.3, 0.4) is 0 Å². The number of nitro benzene ring substituents is 1. The summed E-state index contributed by atoms with van der Waals surface area (Å²) in [5.41, 5.74) is 8.41. The summed E-state index contributed by atoms with van der Waals surface area (Å²) in [7, 11) is 1.61. The number of hydrazone groups is 1. The van der Waals surface area contributed by atoms with Gasteiger partial charge in [0.05, 0.1) is 29.5 Å². The lowest BCUT2D eigenvalue weighted by atomic mass is 10.0. The van der Waals surface area contributed by atoms with E-state index >= 15 is 0 Å². The fraction of sp³-hybridized carbons (Fsp3) is 0.235. The number of nitrogens with zero attached hydrogens (tertiary/aromatic N) is 3. The van der Waals surface area contributed by atoms with E-state index < -0.39 is 0 Å². The maximum atomic E-state index is 11.0. The van der Waals surface area contributed by atoms with Crippen LogP contribution in [0.15, 0.2) is 53.6 Å². The first kappa shape index (κ1) is 15.9. The molecule has 0 aliphatic carbocycles. The van der Waals surface area contributed by atoms with Crippen molar-refractivity contribution in [3.8, 4) is 5.75 Å². The first-order valence-electron chi connectivity index (χ1n) is 7.56. The van der Waals surface area contributed by atoms with Crippen LogP contribution in [0.4, 0.5) is 11.4 Å². The highest BCUT2D eigenvalue weighted by Crippen LogP contribution is 2.36. The monoisotopic (exact) mass is 326 g/mol. The molecule has 0 bridgehead atoms. The lowest BCUT2D eigenvalue weighted by Gasteiger charge is -2.24. The van der Waals surface area contributed by atoms with E-state index in [1.807, 2.05) is 35.3 Å². The summed E-state index contributed by atoms with van der Waals surface area (Å²) in [6.45, 7) is 0.359. The molecule has 0 aromatic heterocycles. The highest BCUT2D eigenvalue weighted by molar-refractivity contribution is 5.90. The van der Waals surface area contributed by atoms with Gasteiger partial charge in [0.25, 0.3) is 5.69 Å². The summed E-state index contributed by atoms with van der Waals surface area (Å²) >= 11 is 0. The number of nitrogens with two attached hydrogens (primary N) is 1. The van der Waals surface area contributed by atoms with Gasteiger partial charge in [0, 0.05) is 25.1 Å². The fourth-order valence-corrected chi connectivity index (χ4v) is 2.77. The Kier molecular flexibility index (Phi) is 4.43. The van der Waals surface area contributed by atoms with Crippen LogP contribution in [-0.4, -0.2) is 24.3 Å². The third-order valence-corrected chi connectivity index (χ3v) is 4.01. The van der Waals surface area contributed by atoms with E-state index in [1.165, 1.54) is 6.07 Å². The molecule has 1 aliphatic rings. The number of hydrogen-bond donors (Lipinski definition) is 1. The Morgan fingerprint density at radius 1 is 1.33 bits per heavy atom. The number of methoxy groups -OCH3 is 1. The normalized spacial score (nSPS) is 16.8. The molecule has 1 atom stereocenters. The van der Waals surface area contributed by atoms with Gasteiger partial charge in [-0.15, -0.1) is 0 Å². The predicted octanol–water partition coefficient (Wildman–Crippen LogP) is 2.87. The molecule has 0 amide bonds. The van der Waals surface area contributed by atoms with Gasteiger partial charge < -0.3 is 10.5 Å². The van der Waals surface area contributed by atoms with Crippen molar-refractivity contribution in [3.05, 3.63) is 64.2 Å². The molecule has 0 spiro atoms. The maximum Gasteiger partial charge on any atom is 0.269 e. The van der Waals surface area contributed by atoms with E-state index in [0.717, 1.165) is 22.7 Å². The van der Waals surface area contributed by atoms with Gasteiger partial charge in [0.15, 0.2) is 0 Å². The van der Waals surface area contributed by atoms with Crippen LogP contribution in [0.1, 0.15) is 18.0 Å². The third-order valence-electron chi connectivity index (χ3n) is 4.01. The van der Waals surface area contributed by atoms with E-state index in [-0.39, 0.29) is 16.7 Å². The number of non-ortho nitro benzene ring substituents is 1. The number of nitro groups is 1. The summed E-state index contributed by atoms with van der Waals surface area (Å²) < 4.78 is 5.18. The van der Waals surface area contributed by atoms with Gasteiger partial charge >= 0.3 is 0 Å². The van der Waals surface area contributed by atoms with Gasteiger partial charge in [-0.2, -0.15) is 5.10 Å². The molecule has 0 fully saturated rings. The zero-order chi connectivity index (χ0) is 17.1. The minimum atomic E-state index is -0.388. The second kappa shape index (κ2) is 6.67. The maximum absolute atomic E-state index is 11.0. The molecule has 7 heteroatoms. The first-order valence-corrected chi connectivity index (χ1v) is 7.56. The van der Waals surface area contributed by atoms with Gasteiger partial charge in [-0.3, -0.25) is 15.1 Å². The zero-order valence-corrected chi connectivity index (χ0v) is 13.3. The van der Waals surface area contributed by atoms with Crippen molar-refractivity contribution >= 4 is 17.1 Å². The smallest absolute Gasteiger partial charge is 0.269 e. The van der Waals surface area contributed by atoms with Crippen molar-refractivity contribution in [2.75, 3.05) is 18.7 Å². The predicted molar refractivity (Wildman–Crippen MR) is 92.4 cm³/mol. The number of rotatable bonds is 5. The van der Waals surface area contributed by atoms with Crippen LogP contribution in [0.25, 0.3) is 0 Å². The molecule has 1 heterocycles. The fourth-order valence-electron chi connectivity index (χ4n) is 2.77. The van der Waals surface area contributed by atoms with Crippen molar-refractivity contribution < 1.29 is 9.66 Å². The Morgan fingerprint density at radius 3 is 2.71 bits per heavy atom. The van der Waals surface area contributed by atoms with Crippen molar-refractivity contribution in [1.82, 2.24) is 0 Å². The van der Waals surface area contributed by atoms with E-state index in [1.54, 1.807) is 19.2 Å². The van der Waals surface area contributed by atoms with Crippen molar-refractivity contribution in [2.45, 2.75) is 12.5 Å². The number of hydrogen-bond acceptors (Lipinski definition) is 6. The molecule has 0 saturated heterocycles. The summed E-state index contributed by atoms with van der Waals surface area (Å²) in [5.74, 6) is 0.757. The molecule has 2 aromatic carbocycles. The highest BCUT2D eigenvalue weighted by atomic mass is 16.6. The standard InChI is InChI=1S/C17H18N4O3/c1-24-16-7-5-14(6-8-16)20-17(10-13(11-18)19-20)12-3-2-4-15(9-12)21(22)23/h2-9,17H,10-11,18H2,1H3. The van der Waals surface area contributed by atoms with Crippen molar-refractivity contribution in [3.63, 3.8) is 0 Å². The molecular weight excluding hydrogens is 308 g/mol. The second-order valence-corrected chi connectivity index (χ2v) is 5.48. The van der Waals surface area contributed by atoms with Crippen LogP contribution in [0, 0.1) is 10.1 Å². The topological polar surface area (TPSA) is 94.0 Å². The Labute approximate surface area is 139 Å². The number of benzene rings is 2. The Morgan fingerprint density at radius 2 is 2.08 bits per heavy atom. The Hall–Kier alpha value is -2.93. The number of anilines is 1. The van der Waals surface area contributed by atoms with E-state index in [9.17, 15) is 10.1 Å². The first-order chi connectivity index (χ1) is 11.6. The second-order valence-electron chi connectivity index (χ2n) is 5.48. The molecule has 0 saturated carbocycles. The van der Waals surface area contributed by atoms with E-state index in [0.29, 0.717) is 13.0 Å². The highest BCUT2D eigenvalue weighted by Gasteiger charge is 2.29. The number of ether oxygens (including phenoxy) is 1. The zero-order valence-electron chi connectivity index (χ0n) is 13.3. The average molecular weight is 326 g/mol. The van der Waals surface area contributed by atoms with Gasteiger partial charge in [0.2, 0.25) is 0 Å². The Balaban J connectivity index is 1.96. The van der Waals surface area contributed by atoms with Crippen LogP contribution < -0.4 is 15.5 Å². The van der Waals surface area contributed by atoms with E-state index in [4.69, 9.17) is 10.5 Å². The minimum absolute atomic E-state index is 0.0726. The molecule has 124 valence electrons. The summed E-state index contributed by atoms with van der Waals surface area (Å²) in [4.78, 5) is 10.7. The molecule has 2 aromatic rings. The lowest BCUT2D eigenvalue weighted by Crippen LogP contribution is -2.18. The average Bonchev–Trinajstić information content (AvgIpc) is 3.06. The Bertz CT molecular complexity index is 774. The van der Waals surface area contributed by atoms with Crippen LogP contribution >= 0.6 is 0 Å². The summed E-state index contributed by atoms with van der Waals surface area (Å²) in [5, 5.41) is 17.5. The molecule has 7 nitrogen and oxygen atoms in total. The quantitative estimate of drug-likeness (QED) is 0.673. The molecule has 3 rings (SSSR count). The molecule has 24 heavy (non-hydrogen) atoms. The van der Waals surface area contributed by atoms with Gasteiger partial charge in [-0.05, 0) is 29.8 Å². The largest absolute Gasteiger partial charge is 0.497 e. The van der Waals surface area contributed by atoms with Crippen molar-refractivity contribution in [2.24, 2.45) is 10.8 Å². The van der Waals surface area contributed by atoms with E-state index in [2.05, 4.69) is 5.10 Å². The minimum Gasteiger partial charge on any atom is -0.497 e. The molecule has 0 radical (unpaired) electrons. The summed E-state index contributed by atoms with van der Waals surface area (Å²) in [6.07, 6.45) is 0.643. The lowest BCUT2D eigenvalue weighted by molar-refractivity contribution is -0.384. The van der Waals surface area contributed by atoms with Gasteiger partial charge in [0.1, 0.15) is 5.75 Å². The molecule has 1 aliphatic heterocycles. The van der Waals surface area contributed by atoms with Crippen LogP contribution in [-0.2, 0) is 0 Å². The summed E-state index contributed by atoms with van der Waals surface area (Å²) in [6, 6.07) is 14.1. The molecular formula is C17H18N4O3. The third kappa shape index (κ3) is 3.07. The van der Waals surface area contributed by atoms with Crippen molar-refractivity contribution in [1.29, 1.82) is 0 Å².